The molecule has 0 radical (unpaired) electrons. The predicted octanol–water partition coefficient (Wildman–Crippen LogP) is 3.16. The maximum absolute atomic E-state index is 5.11. The highest BCUT2D eigenvalue weighted by Crippen LogP contribution is 2.13. The van der Waals surface area contributed by atoms with E-state index in [1.807, 2.05) is 36.4 Å². The van der Waals surface area contributed by atoms with E-state index in [0.717, 1.165) is 15.7 Å². The molecule has 0 unspecified atom stereocenters. The van der Waals surface area contributed by atoms with E-state index in [4.69, 9.17) is 12.2 Å². The zero-order chi connectivity index (χ0) is 13.5. The van der Waals surface area contributed by atoms with Crippen molar-refractivity contribution in [1.82, 2.24) is 10.4 Å². The van der Waals surface area contributed by atoms with Crippen molar-refractivity contribution in [3.8, 4) is 0 Å². The number of aromatic nitrogens is 1. The molecule has 0 bridgehead atoms. The van der Waals surface area contributed by atoms with Crippen molar-refractivity contribution >= 4 is 45.2 Å². The van der Waals surface area contributed by atoms with Gasteiger partial charge in [0.2, 0.25) is 0 Å². The molecule has 0 spiro atoms. The van der Waals surface area contributed by atoms with Gasteiger partial charge in [-0.25, -0.2) is 0 Å². The summed E-state index contributed by atoms with van der Waals surface area (Å²) in [6.07, 6.45) is 5.08. The topological polar surface area (TPSA) is 49.3 Å². The van der Waals surface area contributed by atoms with E-state index in [1.165, 1.54) is 0 Å². The molecule has 96 valence electrons. The first-order valence-corrected chi connectivity index (χ1v) is 6.70. The molecule has 6 heteroatoms. The second-order valence-corrected chi connectivity index (χ2v) is 4.85. The van der Waals surface area contributed by atoms with Gasteiger partial charge in [-0.15, -0.1) is 0 Å². The van der Waals surface area contributed by atoms with Gasteiger partial charge >= 0.3 is 0 Å². The Bertz CT molecular complexity index is 586. The van der Waals surface area contributed by atoms with Crippen molar-refractivity contribution in [2.75, 3.05) is 5.32 Å². The number of anilines is 1. The summed E-state index contributed by atoms with van der Waals surface area (Å²) in [7, 11) is 0. The van der Waals surface area contributed by atoms with Crippen LogP contribution in [0.25, 0.3) is 0 Å². The summed E-state index contributed by atoms with van der Waals surface area (Å²) in [5.41, 5.74) is 4.54. The smallest absolute Gasteiger partial charge is 0.191 e. The van der Waals surface area contributed by atoms with Gasteiger partial charge in [-0.3, -0.25) is 10.4 Å². The van der Waals surface area contributed by atoms with E-state index < -0.39 is 0 Å². The maximum atomic E-state index is 5.11. The Morgan fingerprint density at radius 2 is 2.11 bits per heavy atom. The van der Waals surface area contributed by atoms with Crippen LogP contribution in [0.1, 0.15) is 5.56 Å². The van der Waals surface area contributed by atoms with Crippen LogP contribution < -0.4 is 10.7 Å². The average molecular weight is 335 g/mol. The molecule has 0 saturated carbocycles. The fourth-order valence-electron chi connectivity index (χ4n) is 1.34. The minimum absolute atomic E-state index is 0.413. The molecule has 0 aliphatic carbocycles. The Balaban J connectivity index is 1.89. The third-order valence-electron chi connectivity index (χ3n) is 2.19. The second-order valence-electron chi connectivity index (χ2n) is 3.59. The number of benzene rings is 1. The fourth-order valence-corrected chi connectivity index (χ4v) is 1.89. The van der Waals surface area contributed by atoms with Crippen LogP contribution in [0.3, 0.4) is 0 Å². The van der Waals surface area contributed by atoms with Crippen LogP contribution in [-0.2, 0) is 0 Å². The second kappa shape index (κ2) is 6.96. The number of rotatable bonds is 3. The van der Waals surface area contributed by atoms with Gasteiger partial charge < -0.3 is 5.32 Å². The van der Waals surface area contributed by atoms with Crippen molar-refractivity contribution in [2.45, 2.75) is 0 Å². The number of thiocarbonyl (C=S) groups is 1. The Hall–Kier alpha value is -1.79. The number of hydrogen-bond donors (Lipinski definition) is 2. The molecular formula is C13H11BrN4S. The highest BCUT2D eigenvalue weighted by molar-refractivity contribution is 9.10. The van der Waals surface area contributed by atoms with Gasteiger partial charge in [0.25, 0.3) is 0 Å². The highest BCUT2D eigenvalue weighted by Gasteiger charge is 1.96. The monoisotopic (exact) mass is 334 g/mol. The van der Waals surface area contributed by atoms with Crippen LogP contribution in [0.5, 0.6) is 0 Å². The van der Waals surface area contributed by atoms with E-state index in [2.05, 4.69) is 36.8 Å². The summed E-state index contributed by atoms with van der Waals surface area (Å²) >= 11 is 8.55. The Kier molecular flexibility index (Phi) is 5.00. The number of halogens is 1. The van der Waals surface area contributed by atoms with E-state index in [-0.39, 0.29) is 0 Å². The summed E-state index contributed by atoms with van der Waals surface area (Å²) in [5.74, 6) is 0. The number of nitrogens with zero attached hydrogens (tertiary/aromatic N) is 2. The number of pyridine rings is 1. The molecule has 4 nitrogen and oxygen atoms in total. The summed E-state index contributed by atoms with van der Waals surface area (Å²) in [5, 5.41) is 7.46. The number of hydrazone groups is 1. The van der Waals surface area contributed by atoms with Gasteiger partial charge in [0.1, 0.15) is 0 Å². The molecule has 0 atom stereocenters. The lowest BCUT2D eigenvalue weighted by atomic mass is 10.2. The fraction of sp³-hybridized carbons (Fsp3) is 0. The lowest BCUT2D eigenvalue weighted by Crippen LogP contribution is -2.23. The standard InChI is InChI=1S/C13H11BrN4S/c14-12-6-2-1-4-10(12)8-16-18-13(19)17-11-5-3-7-15-9-11/h1-9H,(H2,17,18,19). The van der Waals surface area contributed by atoms with Gasteiger partial charge in [0.15, 0.2) is 5.11 Å². The minimum Gasteiger partial charge on any atom is -0.330 e. The third kappa shape index (κ3) is 4.42. The van der Waals surface area contributed by atoms with E-state index >= 15 is 0 Å². The molecule has 1 heterocycles. The van der Waals surface area contributed by atoms with E-state index in [1.54, 1.807) is 18.6 Å². The quantitative estimate of drug-likeness (QED) is 0.514. The van der Waals surface area contributed by atoms with Crippen molar-refractivity contribution < 1.29 is 0 Å². The Morgan fingerprint density at radius 1 is 1.26 bits per heavy atom. The average Bonchev–Trinajstić information content (AvgIpc) is 2.42. The van der Waals surface area contributed by atoms with Crippen molar-refractivity contribution in [3.63, 3.8) is 0 Å². The van der Waals surface area contributed by atoms with Crippen LogP contribution in [0.2, 0.25) is 0 Å². The normalized spacial score (nSPS) is 10.4. The molecule has 1 aromatic carbocycles. The molecule has 0 amide bonds. The van der Waals surface area contributed by atoms with Crippen LogP contribution >= 0.6 is 28.1 Å². The first kappa shape index (κ1) is 13.6. The van der Waals surface area contributed by atoms with Gasteiger partial charge in [0, 0.05) is 16.2 Å². The molecule has 0 aliphatic rings. The lowest BCUT2D eigenvalue weighted by Gasteiger charge is -2.05. The third-order valence-corrected chi connectivity index (χ3v) is 3.11. The zero-order valence-electron chi connectivity index (χ0n) is 9.88. The number of nitrogens with one attached hydrogen (secondary N) is 2. The van der Waals surface area contributed by atoms with Gasteiger partial charge in [0.05, 0.1) is 18.1 Å². The van der Waals surface area contributed by atoms with E-state index in [0.29, 0.717) is 5.11 Å². The summed E-state index contributed by atoms with van der Waals surface area (Å²) < 4.78 is 0.978. The number of hydrogen-bond acceptors (Lipinski definition) is 3. The molecule has 19 heavy (non-hydrogen) atoms. The van der Waals surface area contributed by atoms with Gasteiger partial charge in [-0.1, -0.05) is 34.1 Å². The van der Waals surface area contributed by atoms with Gasteiger partial charge in [-0.05, 0) is 30.4 Å². The molecule has 0 saturated heterocycles. The van der Waals surface area contributed by atoms with Gasteiger partial charge in [-0.2, -0.15) is 5.10 Å². The maximum Gasteiger partial charge on any atom is 0.191 e. The molecule has 0 aliphatic heterocycles. The minimum atomic E-state index is 0.413. The van der Waals surface area contributed by atoms with Crippen LogP contribution in [0.15, 0.2) is 58.4 Å². The summed E-state index contributed by atoms with van der Waals surface area (Å²) in [6, 6.07) is 11.5. The SMILES string of the molecule is S=C(NN=Cc1ccccc1Br)Nc1cccnc1. The Labute approximate surface area is 125 Å². The van der Waals surface area contributed by atoms with Crippen LogP contribution in [0, 0.1) is 0 Å². The van der Waals surface area contributed by atoms with Crippen molar-refractivity contribution in [2.24, 2.45) is 5.10 Å². The highest BCUT2D eigenvalue weighted by atomic mass is 79.9. The summed E-state index contributed by atoms with van der Waals surface area (Å²) in [4.78, 5) is 3.98. The first-order valence-electron chi connectivity index (χ1n) is 5.50. The molecule has 1 aromatic heterocycles. The molecule has 2 N–H and O–H groups in total. The molecular weight excluding hydrogens is 324 g/mol. The van der Waals surface area contributed by atoms with E-state index in [9.17, 15) is 0 Å². The van der Waals surface area contributed by atoms with Crippen molar-refractivity contribution in [3.05, 3.63) is 58.8 Å². The first-order chi connectivity index (χ1) is 9.25. The predicted molar refractivity (Wildman–Crippen MR) is 85.3 cm³/mol. The molecule has 2 rings (SSSR count). The largest absolute Gasteiger partial charge is 0.330 e. The molecule has 2 aromatic rings. The van der Waals surface area contributed by atoms with Crippen LogP contribution in [-0.4, -0.2) is 16.3 Å². The Morgan fingerprint density at radius 3 is 2.84 bits per heavy atom. The van der Waals surface area contributed by atoms with Crippen LogP contribution in [0.4, 0.5) is 5.69 Å². The lowest BCUT2D eigenvalue weighted by molar-refractivity contribution is 1.05. The van der Waals surface area contributed by atoms with Crippen molar-refractivity contribution in [1.29, 1.82) is 0 Å². The molecule has 0 fully saturated rings. The zero-order valence-corrected chi connectivity index (χ0v) is 12.3. The summed E-state index contributed by atoms with van der Waals surface area (Å²) in [6.45, 7) is 0.